The Bertz CT molecular complexity index is 618. The summed E-state index contributed by atoms with van der Waals surface area (Å²) in [5.41, 5.74) is -0.189. The third-order valence-corrected chi connectivity index (χ3v) is 3.52. The largest absolute Gasteiger partial charge is 0.367 e. The Kier molecular flexibility index (Phi) is 3.57. The zero-order chi connectivity index (χ0) is 13.1. The number of aromatic amines is 1. The molecule has 0 aliphatic rings. The van der Waals surface area contributed by atoms with Gasteiger partial charge in [0.05, 0.1) is 6.04 Å². The van der Waals surface area contributed by atoms with E-state index in [0.29, 0.717) is 0 Å². The molecule has 0 bridgehead atoms. The fraction of sp³-hybridized carbons (Fsp3) is 0.250. The number of aryl methyl sites for hydroxylation is 1. The predicted molar refractivity (Wildman–Crippen MR) is 69.8 cm³/mol. The van der Waals surface area contributed by atoms with Crippen LogP contribution in [0.5, 0.6) is 0 Å². The van der Waals surface area contributed by atoms with Crippen molar-refractivity contribution in [2.24, 2.45) is 0 Å². The fourth-order valence-corrected chi connectivity index (χ4v) is 2.28. The molecular weight excluding hydrogens is 250 g/mol. The maximum atomic E-state index is 11.9. The van der Waals surface area contributed by atoms with E-state index in [1.165, 1.54) is 29.8 Å². The van der Waals surface area contributed by atoms with E-state index in [9.17, 15) is 9.59 Å². The first-order valence-electron chi connectivity index (χ1n) is 5.48. The summed E-state index contributed by atoms with van der Waals surface area (Å²) >= 11 is 1.53. The molecule has 0 saturated heterocycles. The molecule has 2 N–H and O–H groups in total. The molecule has 0 fully saturated rings. The summed E-state index contributed by atoms with van der Waals surface area (Å²) < 4.78 is 0. The Balaban J connectivity index is 2.13. The molecule has 0 spiro atoms. The molecule has 2 heterocycles. The zero-order valence-electron chi connectivity index (χ0n) is 10.1. The molecular formula is C12H13N3O2S. The number of hydrogen-bond acceptors (Lipinski definition) is 4. The van der Waals surface area contributed by atoms with Crippen molar-refractivity contribution in [3.63, 3.8) is 0 Å². The number of rotatable bonds is 3. The first-order valence-corrected chi connectivity index (χ1v) is 6.30. The average molecular weight is 263 g/mol. The second kappa shape index (κ2) is 5.14. The van der Waals surface area contributed by atoms with Crippen LogP contribution in [0.4, 0.5) is 0 Å². The van der Waals surface area contributed by atoms with E-state index < -0.39 is 5.91 Å². The lowest BCUT2D eigenvalue weighted by atomic mass is 10.2. The molecule has 6 heteroatoms. The lowest BCUT2D eigenvalue weighted by Gasteiger charge is -2.10. The summed E-state index contributed by atoms with van der Waals surface area (Å²) in [6.45, 7) is 3.80. The van der Waals surface area contributed by atoms with Crippen LogP contribution in [0, 0.1) is 6.92 Å². The highest BCUT2D eigenvalue weighted by Crippen LogP contribution is 2.18. The minimum Gasteiger partial charge on any atom is -0.367 e. The number of carbonyl (C=O) groups excluding carboxylic acids is 1. The highest BCUT2D eigenvalue weighted by Gasteiger charge is 2.15. The van der Waals surface area contributed by atoms with Gasteiger partial charge in [0.25, 0.3) is 5.91 Å². The van der Waals surface area contributed by atoms with E-state index in [4.69, 9.17) is 0 Å². The van der Waals surface area contributed by atoms with Crippen LogP contribution in [0.15, 0.2) is 29.5 Å². The second-order valence-corrected chi connectivity index (χ2v) is 5.19. The summed E-state index contributed by atoms with van der Waals surface area (Å²) in [6.07, 6.45) is 4.65. The van der Waals surface area contributed by atoms with Crippen molar-refractivity contribution in [1.29, 1.82) is 0 Å². The SMILES string of the molecule is Cc1cnc(C(C)NC(=O)c2c[nH]ccc2=O)s1. The van der Waals surface area contributed by atoms with Crippen LogP contribution in [0.2, 0.25) is 0 Å². The van der Waals surface area contributed by atoms with E-state index in [-0.39, 0.29) is 17.0 Å². The van der Waals surface area contributed by atoms with Gasteiger partial charge in [-0.05, 0) is 13.8 Å². The number of aromatic nitrogens is 2. The minimum atomic E-state index is -0.391. The maximum absolute atomic E-state index is 11.9. The quantitative estimate of drug-likeness (QED) is 0.883. The lowest BCUT2D eigenvalue weighted by molar-refractivity contribution is 0.0938. The van der Waals surface area contributed by atoms with Gasteiger partial charge in [0.1, 0.15) is 10.6 Å². The molecule has 0 aromatic carbocycles. The van der Waals surface area contributed by atoms with E-state index in [1.807, 2.05) is 13.8 Å². The molecule has 0 aliphatic heterocycles. The fourth-order valence-electron chi connectivity index (χ4n) is 1.50. The Morgan fingerprint density at radius 2 is 2.33 bits per heavy atom. The topological polar surface area (TPSA) is 74.8 Å². The summed E-state index contributed by atoms with van der Waals surface area (Å²) in [5.74, 6) is -0.391. The Morgan fingerprint density at radius 3 is 2.94 bits per heavy atom. The molecule has 2 rings (SSSR count). The molecule has 2 aromatic rings. The standard InChI is InChI=1S/C12H13N3O2S/c1-7-5-14-12(18-7)8(2)15-11(17)9-6-13-4-3-10(9)16/h3-6,8H,1-2H3,(H,13,16)(H,15,17). The van der Waals surface area contributed by atoms with Gasteiger partial charge in [-0.3, -0.25) is 9.59 Å². The van der Waals surface area contributed by atoms with Gasteiger partial charge < -0.3 is 10.3 Å². The van der Waals surface area contributed by atoms with Crippen LogP contribution in [-0.2, 0) is 0 Å². The third kappa shape index (κ3) is 2.65. The molecule has 0 aliphatic carbocycles. The smallest absolute Gasteiger partial charge is 0.257 e. The van der Waals surface area contributed by atoms with Gasteiger partial charge in [-0.2, -0.15) is 0 Å². The van der Waals surface area contributed by atoms with Crippen LogP contribution in [0.1, 0.15) is 33.2 Å². The van der Waals surface area contributed by atoms with Crippen molar-refractivity contribution in [3.05, 3.63) is 50.3 Å². The predicted octanol–water partition coefficient (Wildman–Crippen LogP) is 1.63. The third-order valence-electron chi connectivity index (χ3n) is 2.43. The van der Waals surface area contributed by atoms with E-state index in [2.05, 4.69) is 15.3 Å². The molecule has 0 radical (unpaired) electrons. The maximum Gasteiger partial charge on any atom is 0.257 e. The zero-order valence-corrected chi connectivity index (χ0v) is 10.9. The van der Waals surface area contributed by atoms with Gasteiger partial charge in [-0.1, -0.05) is 0 Å². The number of nitrogens with zero attached hydrogens (tertiary/aromatic N) is 1. The number of H-pyrrole nitrogens is 1. The lowest BCUT2D eigenvalue weighted by Crippen LogP contribution is -2.30. The molecule has 0 saturated carbocycles. The van der Waals surface area contributed by atoms with Crippen molar-refractivity contribution < 1.29 is 4.79 Å². The molecule has 2 aromatic heterocycles. The van der Waals surface area contributed by atoms with Gasteiger partial charge in [-0.25, -0.2) is 4.98 Å². The number of thiazole rings is 1. The minimum absolute atomic E-state index is 0.109. The highest BCUT2D eigenvalue weighted by atomic mass is 32.1. The van der Waals surface area contributed by atoms with Gasteiger partial charge in [0, 0.05) is 29.5 Å². The number of carbonyl (C=O) groups is 1. The molecule has 5 nitrogen and oxygen atoms in total. The van der Waals surface area contributed by atoms with Crippen molar-refractivity contribution in [2.45, 2.75) is 19.9 Å². The first kappa shape index (κ1) is 12.5. The van der Waals surface area contributed by atoms with Crippen LogP contribution in [0.3, 0.4) is 0 Å². The molecule has 1 amide bonds. The summed E-state index contributed by atoms with van der Waals surface area (Å²) in [4.78, 5) is 31.4. The van der Waals surface area contributed by atoms with Gasteiger partial charge >= 0.3 is 0 Å². The summed E-state index contributed by atoms with van der Waals surface area (Å²) in [6, 6.07) is 1.11. The molecule has 94 valence electrons. The van der Waals surface area contributed by atoms with Crippen molar-refractivity contribution in [3.8, 4) is 0 Å². The Labute approximate surface area is 108 Å². The number of amides is 1. The van der Waals surface area contributed by atoms with Crippen molar-refractivity contribution in [2.75, 3.05) is 0 Å². The number of nitrogens with one attached hydrogen (secondary N) is 2. The Morgan fingerprint density at radius 1 is 1.56 bits per heavy atom. The van der Waals surface area contributed by atoms with Crippen molar-refractivity contribution >= 4 is 17.2 Å². The van der Waals surface area contributed by atoms with E-state index in [0.717, 1.165) is 9.88 Å². The Hall–Kier alpha value is -1.95. The van der Waals surface area contributed by atoms with Crippen LogP contribution in [0.25, 0.3) is 0 Å². The first-order chi connectivity index (χ1) is 8.58. The normalized spacial score (nSPS) is 12.1. The van der Waals surface area contributed by atoms with Crippen molar-refractivity contribution in [1.82, 2.24) is 15.3 Å². The number of pyridine rings is 1. The van der Waals surface area contributed by atoms with Crippen LogP contribution < -0.4 is 10.7 Å². The summed E-state index contributed by atoms with van der Waals surface area (Å²) in [7, 11) is 0. The van der Waals surface area contributed by atoms with E-state index >= 15 is 0 Å². The molecule has 18 heavy (non-hydrogen) atoms. The monoisotopic (exact) mass is 263 g/mol. The summed E-state index contributed by atoms with van der Waals surface area (Å²) in [5, 5.41) is 3.58. The van der Waals surface area contributed by atoms with Crippen LogP contribution in [-0.4, -0.2) is 15.9 Å². The number of hydrogen-bond donors (Lipinski definition) is 2. The molecule has 1 atom stereocenters. The van der Waals surface area contributed by atoms with Crippen LogP contribution >= 0.6 is 11.3 Å². The molecule has 1 unspecified atom stereocenters. The average Bonchev–Trinajstić information content (AvgIpc) is 2.76. The van der Waals surface area contributed by atoms with E-state index in [1.54, 1.807) is 6.20 Å². The van der Waals surface area contributed by atoms with Gasteiger partial charge in [-0.15, -0.1) is 11.3 Å². The second-order valence-electron chi connectivity index (χ2n) is 3.93. The van der Waals surface area contributed by atoms with Gasteiger partial charge in [0.2, 0.25) is 0 Å². The van der Waals surface area contributed by atoms with Gasteiger partial charge in [0.15, 0.2) is 5.43 Å². The highest BCUT2D eigenvalue weighted by molar-refractivity contribution is 7.11.